The van der Waals surface area contributed by atoms with E-state index in [1.54, 1.807) is 12.3 Å². The lowest BCUT2D eigenvalue weighted by atomic mass is 10.0. The molecule has 1 N–H and O–H groups in total. The SMILES string of the molecule is C=Cc1ccc2c(Cl)cc(-c3ccc(-c4cn[nH]c4)cc3)nc2c1. The van der Waals surface area contributed by atoms with Crippen LogP contribution >= 0.6 is 11.6 Å². The first kappa shape index (κ1) is 14.7. The van der Waals surface area contributed by atoms with Gasteiger partial charge in [-0.25, -0.2) is 4.98 Å². The molecule has 2 heterocycles. The summed E-state index contributed by atoms with van der Waals surface area (Å²) >= 11 is 6.44. The number of pyridine rings is 1. The van der Waals surface area contributed by atoms with E-state index in [0.29, 0.717) is 5.02 Å². The maximum absolute atomic E-state index is 6.44. The molecule has 0 aliphatic rings. The number of nitrogens with one attached hydrogen (secondary N) is 1. The largest absolute Gasteiger partial charge is 0.285 e. The summed E-state index contributed by atoms with van der Waals surface area (Å²) < 4.78 is 0. The monoisotopic (exact) mass is 331 g/mol. The maximum atomic E-state index is 6.44. The molecule has 0 bridgehead atoms. The Morgan fingerprint density at radius 2 is 1.75 bits per heavy atom. The van der Waals surface area contributed by atoms with Gasteiger partial charge in [0.05, 0.1) is 22.4 Å². The topological polar surface area (TPSA) is 41.6 Å². The van der Waals surface area contributed by atoms with Gasteiger partial charge in [-0.15, -0.1) is 0 Å². The van der Waals surface area contributed by atoms with Crippen LogP contribution in [-0.2, 0) is 0 Å². The third kappa shape index (κ3) is 2.59. The second-order valence-corrected chi connectivity index (χ2v) is 5.94. The lowest BCUT2D eigenvalue weighted by Gasteiger charge is -2.07. The van der Waals surface area contributed by atoms with Crippen molar-refractivity contribution in [3.8, 4) is 22.4 Å². The summed E-state index contributed by atoms with van der Waals surface area (Å²) in [6, 6.07) is 16.1. The van der Waals surface area contributed by atoms with Crippen LogP contribution < -0.4 is 0 Å². The number of aromatic nitrogens is 3. The van der Waals surface area contributed by atoms with Gasteiger partial charge in [-0.1, -0.05) is 60.7 Å². The van der Waals surface area contributed by atoms with Crippen LogP contribution in [0.3, 0.4) is 0 Å². The molecule has 0 saturated carbocycles. The lowest BCUT2D eigenvalue weighted by molar-refractivity contribution is 1.09. The van der Waals surface area contributed by atoms with E-state index in [1.807, 2.05) is 42.6 Å². The molecular weight excluding hydrogens is 318 g/mol. The fraction of sp³-hybridized carbons (Fsp3) is 0. The summed E-state index contributed by atoms with van der Waals surface area (Å²) in [6.07, 6.45) is 5.48. The molecule has 3 nitrogen and oxygen atoms in total. The molecule has 0 fully saturated rings. The van der Waals surface area contributed by atoms with Crippen LogP contribution in [0.4, 0.5) is 0 Å². The third-order valence-corrected chi connectivity index (χ3v) is 4.34. The van der Waals surface area contributed by atoms with Crippen LogP contribution in [0.15, 0.2) is 67.5 Å². The van der Waals surface area contributed by atoms with Crippen LogP contribution in [0, 0.1) is 0 Å². The van der Waals surface area contributed by atoms with Crippen LogP contribution in [0.1, 0.15) is 5.56 Å². The van der Waals surface area contributed by atoms with Crippen LogP contribution in [0.25, 0.3) is 39.4 Å². The van der Waals surface area contributed by atoms with Gasteiger partial charge in [-0.2, -0.15) is 5.10 Å². The second kappa shape index (κ2) is 5.95. The summed E-state index contributed by atoms with van der Waals surface area (Å²) in [5, 5.41) is 8.45. The number of halogens is 1. The Morgan fingerprint density at radius 3 is 2.46 bits per heavy atom. The fourth-order valence-electron chi connectivity index (χ4n) is 2.72. The molecule has 4 aromatic rings. The van der Waals surface area contributed by atoms with E-state index in [0.717, 1.165) is 38.9 Å². The van der Waals surface area contributed by atoms with Gasteiger partial charge < -0.3 is 0 Å². The van der Waals surface area contributed by atoms with Gasteiger partial charge in [0, 0.05) is 22.7 Å². The van der Waals surface area contributed by atoms with Crippen molar-refractivity contribution in [1.82, 2.24) is 15.2 Å². The molecule has 24 heavy (non-hydrogen) atoms. The molecule has 2 aromatic heterocycles. The second-order valence-electron chi connectivity index (χ2n) is 5.53. The summed E-state index contributed by atoms with van der Waals surface area (Å²) in [5.74, 6) is 0. The Balaban J connectivity index is 1.79. The number of nitrogens with zero attached hydrogens (tertiary/aromatic N) is 2. The number of H-pyrrole nitrogens is 1. The molecule has 0 saturated heterocycles. The molecular formula is C20H14ClN3. The smallest absolute Gasteiger partial charge is 0.0730 e. The van der Waals surface area contributed by atoms with E-state index in [-0.39, 0.29) is 0 Å². The first-order chi connectivity index (χ1) is 11.7. The highest BCUT2D eigenvalue weighted by Gasteiger charge is 2.07. The Kier molecular flexibility index (Phi) is 3.63. The number of hydrogen-bond acceptors (Lipinski definition) is 2. The summed E-state index contributed by atoms with van der Waals surface area (Å²) in [5.41, 5.74) is 5.94. The van der Waals surface area contributed by atoms with E-state index in [9.17, 15) is 0 Å². The predicted molar refractivity (Wildman–Crippen MR) is 99.9 cm³/mol. The van der Waals surface area contributed by atoms with Crippen molar-refractivity contribution in [3.05, 3.63) is 78.1 Å². The van der Waals surface area contributed by atoms with Crippen molar-refractivity contribution in [2.75, 3.05) is 0 Å². The standard InChI is InChI=1S/C20H14ClN3/c1-2-13-3-8-17-18(21)10-19(24-20(17)9-13)15-6-4-14(5-7-15)16-11-22-23-12-16/h2-12H,1H2,(H,22,23). The van der Waals surface area contributed by atoms with E-state index in [1.165, 1.54) is 0 Å². The number of aromatic amines is 1. The van der Waals surface area contributed by atoms with Gasteiger partial charge in [-0.3, -0.25) is 5.10 Å². The molecule has 0 unspecified atom stereocenters. The van der Waals surface area contributed by atoms with Gasteiger partial charge in [-0.05, 0) is 23.3 Å². The lowest BCUT2D eigenvalue weighted by Crippen LogP contribution is -1.88. The molecule has 0 aliphatic carbocycles. The highest BCUT2D eigenvalue weighted by Crippen LogP contribution is 2.30. The van der Waals surface area contributed by atoms with Crippen molar-refractivity contribution >= 4 is 28.6 Å². The average Bonchev–Trinajstić information content (AvgIpc) is 3.16. The van der Waals surface area contributed by atoms with Gasteiger partial charge >= 0.3 is 0 Å². The van der Waals surface area contributed by atoms with Gasteiger partial charge in [0.25, 0.3) is 0 Å². The normalized spacial score (nSPS) is 10.9. The summed E-state index contributed by atoms with van der Waals surface area (Å²) in [6.45, 7) is 3.81. The van der Waals surface area contributed by atoms with Crippen LogP contribution in [0.2, 0.25) is 5.02 Å². The zero-order chi connectivity index (χ0) is 16.5. The number of rotatable bonds is 3. The number of fused-ring (bicyclic) bond motifs is 1. The predicted octanol–water partition coefficient (Wildman–Crippen LogP) is 5.59. The Bertz CT molecular complexity index is 1020. The average molecular weight is 332 g/mol. The molecule has 0 radical (unpaired) electrons. The molecule has 0 atom stereocenters. The Morgan fingerprint density at radius 1 is 0.958 bits per heavy atom. The van der Waals surface area contributed by atoms with Gasteiger partial charge in [0.2, 0.25) is 0 Å². The number of hydrogen-bond donors (Lipinski definition) is 1. The minimum atomic E-state index is 0.699. The first-order valence-electron chi connectivity index (χ1n) is 7.57. The third-order valence-electron chi connectivity index (χ3n) is 4.03. The molecule has 0 aliphatic heterocycles. The highest BCUT2D eigenvalue weighted by molar-refractivity contribution is 6.35. The quantitative estimate of drug-likeness (QED) is 0.531. The minimum absolute atomic E-state index is 0.699. The summed E-state index contributed by atoms with van der Waals surface area (Å²) in [7, 11) is 0. The minimum Gasteiger partial charge on any atom is -0.285 e. The molecule has 0 spiro atoms. The highest BCUT2D eigenvalue weighted by atomic mass is 35.5. The van der Waals surface area contributed by atoms with Crippen molar-refractivity contribution < 1.29 is 0 Å². The van der Waals surface area contributed by atoms with Crippen LogP contribution in [-0.4, -0.2) is 15.2 Å². The molecule has 2 aromatic carbocycles. The zero-order valence-corrected chi connectivity index (χ0v) is 13.6. The Labute approximate surface area is 144 Å². The summed E-state index contributed by atoms with van der Waals surface area (Å²) in [4.78, 5) is 4.76. The molecule has 0 amide bonds. The van der Waals surface area contributed by atoms with Gasteiger partial charge in [0.15, 0.2) is 0 Å². The van der Waals surface area contributed by atoms with Crippen molar-refractivity contribution in [3.63, 3.8) is 0 Å². The molecule has 4 rings (SSSR count). The van der Waals surface area contributed by atoms with Crippen molar-refractivity contribution in [1.29, 1.82) is 0 Å². The van der Waals surface area contributed by atoms with E-state index >= 15 is 0 Å². The number of benzene rings is 2. The van der Waals surface area contributed by atoms with E-state index in [4.69, 9.17) is 16.6 Å². The van der Waals surface area contributed by atoms with Crippen LogP contribution in [0.5, 0.6) is 0 Å². The zero-order valence-electron chi connectivity index (χ0n) is 12.8. The van der Waals surface area contributed by atoms with Crippen molar-refractivity contribution in [2.24, 2.45) is 0 Å². The first-order valence-corrected chi connectivity index (χ1v) is 7.95. The Hall–Kier alpha value is -2.91. The fourth-order valence-corrected chi connectivity index (χ4v) is 2.98. The van der Waals surface area contributed by atoms with Crippen molar-refractivity contribution in [2.45, 2.75) is 0 Å². The van der Waals surface area contributed by atoms with E-state index < -0.39 is 0 Å². The molecule has 4 heteroatoms. The van der Waals surface area contributed by atoms with E-state index in [2.05, 4.69) is 28.9 Å². The van der Waals surface area contributed by atoms with Gasteiger partial charge in [0.1, 0.15) is 0 Å². The maximum Gasteiger partial charge on any atom is 0.0730 e. The molecule has 116 valence electrons.